The molecule has 0 saturated heterocycles. The van der Waals surface area contributed by atoms with Gasteiger partial charge in [-0.3, -0.25) is 9.89 Å². The lowest BCUT2D eigenvalue weighted by molar-refractivity contribution is -0.255. The Balaban J connectivity index is 1.73. The lowest BCUT2D eigenvalue weighted by Crippen LogP contribution is -2.25. The Morgan fingerprint density at radius 3 is 2.61 bits per heavy atom. The van der Waals surface area contributed by atoms with Crippen LogP contribution in [-0.2, 0) is 12.8 Å². The molecule has 154 valence electrons. The highest BCUT2D eigenvalue weighted by Crippen LogP contribution is 2.24. The number of rotatable bonds is 6. The number of aromatic amines is 1. The van der Waals surface area contributed by atoms with Crippen molar-refractivity contribution < 1.29 is 9.90 Å². The largest absolute Gasteiger partial charge is 0.543 e. The molecule has 4 rings (SSSR count). The molecule has 0 atom stereocenters. The van der Waals surface area contributed by atoms with Crippen molar-refractivity contribution in [1.29, 1.82) is 5.26 Å². The Morgan fingerprint density at radius 1 is 1.19 bits per heavy atom. The lowest BCUT2D eigenvalue weighted by atomic mass is 9.97. The number of nitrogens with one attached hydrogen (secondary N) is 1. The highest BCUT2D eigenvalue weighted by atomic mass is 16.4. The molecule has 31 heavy (non-hydrogen) atoms. The van der Waals surface area contributed by atoms with Crippen LogP contribution >= 0.6 is 0 Å². The van der Waals surface area contributed by atoms with E-state index in [9.17, 15) is 20.0 Å². The van der Waals surface area contributed by atoms with Crippen molar-refractivity contribution >= 4 is 11.6 Å². The van der Waals surface area contributed by atoms with Crippen molar-refractivity contribution in [3.63, 3.8) is 0 Å². The Bertz CT molecular complexity index is 1370. The number of aromatic carboxylic acids is 1. The Kier molecular flexibility index (Phi) is 5.37. The van der Waals surface area contributed by atoms with E-state index in [0.29, 0.717) is 29.7 Å². The minimum atomic E-state index is -1.39. The summed E-state index contributed by atoms with van der Waals surface area (Å²) < 4.78 is 1.15. The highest BCUT2D eigenvalue weighted by molar-refractivity contribution is 5.84. The van der Waals surface area contributed by atoms with Crippen LogP contribution < -0.4 is 10.7 Å². The monoisotopic (exact) mass is 411 g/mol. The van der Waals surface area contributed by atoms with Crippen LogP contribution in [0.25, 0.3) is 16.8 Å². The van der Waals surface area contributed by atoms with Crippen molar-refractivity contribution in [3.8, 4) is 17.2 Å². The summed E-state index contributed by atoms with van der Waals surface area (Å²) in [6, 6.07) is 18.6. The molecular weight excluding hydrogens is 392 g/mol. The van der Waals surface area contributed by atoms with Gasteiger partial charge >= 0.3 is 0 Å². The third kappa shape index (κ3) is 3.83. The summed E-state index contributed by atoms with van der Waals surface area (Å²) in [7, 11) is 0. The maximum atomic E-state index is 13.1. The number of nitriles is 1. The van der Waals surface area contributed by atoms with Gasteiger partial charge in [0.1, 0.15) is 0 Å². The molecule has 0 radical (unpaired) electrons. The van der Waals surface area contributed by atoms with E-state index in [1.807, 2.05) is 49.4 Å². The molecule has 2 aromatic heterocycles. The summed E-state index contributed by atoms with van der Waals surface area (Å²) in [6.45, 7) is 2.00. The molecular formula is C24H19N4O3-. The van der Waals surface area contributed by atoms with Gasteiger partial charge in [-0.05, 0) is 29.2 Å². The van der Waals surface area contributed by atoms with E-state index in [2.05, 4.69) is 16.2 Å². The predicted molar refractivity (Wildman–Crippen MR) is 114 cm³/mol. The smallest absolute Gasteiger partial charge is 0.276 e. The third-order valence-electron chi connectivity index (χ3n) is 5.19. The van der Waals surface area contributed by atoms with Crippen molar-refractivity contribution in [2.75, 3.05) is 0 Å². The van der Waals surface area contributed by atoms with E-state index in [0.717, 1.165) is 27.6 Å². The summed E-state index contributed by atoms with van der Waals surface area (Å²) in [5.74, 6) is -1.39. The summed E-state index contributed by atoms with van der Waals surface area (Å²) >= 11 is 0. The van der Waals surface area contributed by atoms with Crippen LogP contribution in [0.15, 0.2) is 59.4 Å². The fourth-order valence-corrected chi connectivity index (χ4v) is 3.67. The standard InChI is InChI=1S/C24H20N4O3/c1-2-5-20-19(23(29)28-22(26-20)13-21(27-28)24(30)31)12-15-8-10-16(11-9-15)18-7-4-3-6-17(18)14-25/h3-4,6-11,13,27H,2,5,12H2,1H3,(H,30,31)/p-1. The number of fused-ring (bicyclic) bond motifs is 1. The van der Waals surface area contributed by atoms with Crippen LogP contribution in [0.2, 0.25) is 0 Å². The summed E-state index contributed by atoms with van der Waals surface area (Å²) in [6.07, 6.45) is 1.78. The number of H-pyrrole nitrogens is 1. The molecule has 0 saturated carbocycles. The van der Waals surface area contributed by atoms with Gasteiger partial charge in [-0.1, -0.05) is 55.8 Å². The molecule has 2 heterocycles. The second kappa shape index (κ2) is 8.28. The molecule has 4 aromatic rings. The fraction of sp³-hybridized carbons (Fsp3) is 0.167. The molecule has 0 fully saturated rings. The molecule has 1 N–H and O–H groups in total. The van der Waals surface area contributed by atoms with Gasteiger partial charge in [-0.15, -0.1) is 0 Å². The first-order valence-corrected chi connectivity index (χ1v) is 9.95. The number of aryl methyl sites for hydroxylation is 1. The second-order valence-electron chi connectivity index (χ2n) is 7.27. The second-order valence-corrected chi connectivity index (χ2v) is 7.27. The Hall–Kier alpha value is -4.18. The number of nitrogens with zero attached hydrogens (tertiary/aromatic N) is 3. The Morgan fingerprint density at radius 2 is 1.94 bits per heavy atom. The molecule has 0 spiro atoms. The average Bonchev–Trinajstić information content (AvgIpc) is 3.22. The van der Waals surface area contributed by atoms with Crippen molar-refractivity contribution in [1.82, 2.24) is 14.6 Å². The van der Waals surface area contributed by atoms with E-state index in [1.165, 1.54) is 6.07 Å². The van der Waals surface area contributed by atoms with Crippen LogP contribution in [0.5, 0.6) is 0 Å². The van der Waals surface area contributed by atoms with E-state index in [-0.39, 0.29) is 16.9 Å². The minimum absolute atomic E-state index is 0.190. The molecule has 7 nitrogen and oxygen atoms in total. The normalized spacial score (nSPS) is 10.8. The molecule has 0 bridgehead atoms. The first-order valence-electron chi connectivity index (χ1n) is 9.95. The zero-order valence-electron chi connectivity index (χ0n) is 16.9. The zero-order chi connectivity index (χ0) is 22.0. The number of carbonyl (C=O) groups is 1. The van der Waals surface area contributed by atoms with E-state index in [4.69, 9.17) is 0 Å². The van der Waals surface area contributed by atoms with Crippen LogP contribution in [0.3, 0.4) is 0 Å². The van der Waals surface area contributed by atoms with Crippen molar-refractivity contribution in [3.05, 3.63) is 93.0 Å². The number of carboxylic acid groups (broad SMARTS) is 1. The number of carboxylic acids is 1. The minimum Gasteiger partial charge on any atom is -0.543 e. The number of hydrogen-bond donors (Lipinski definition) is 1. The lowest BCUT2D eigenvalue weighted by Gasteiger charge is -2.10. The van der Waals surface area contributed by atoms with Gasteiger partial charge in [0.25, 0.3) is 5.56 Å². The highest BCUT2D eigenvalue weighted by Gasteiger charge is 2.15. The van der Waals surface area contributed by atoms with Crippen LogP contribution in [-0.4, -0.2) is 20.6 Å². The van der Waals surface area contributed by atoms with Gasteiger partial charge in [0.05, 0.1) is 29.0 Å². The molecule has 0 unspecified atom stereocenters. The van der Waals surface area contributed by atoms with Gasteiger partial charge in [-0.25, -0.2) is 9.50 Å². The SMILES string of the molecule is CCCc1nc2cc(C(=O)[O-])[nH]n2c(=O)c1Cc1ccc(-c2ccccc2C#N)cc1. The van der Waals surface area contributed by atoms with E-state index in [1.54, 1.807) is 6.07 Å². The third-order valence-corrected chi connectivity index (χ3v) is 5.19. The number of hydrogen-bond acceptors (Lipinski definition) is 5. The predicted octanol–water partition coefficient (Wildman–Crippen LogP) is 2.47. The quantitative estimate of drug-likeness (QED) is 0.523. The fourth-order valence-electron chi connectivity index (χ4n) is 3.67. The summed E-state index contributed by atoms with van der Waals surface area (Å²) in [5.41, 5.74) is 4.23. The summed E-state index contributed by atoms with van der Waals surface area (Å²) in [5, 5.41) is 23.0. The van der Waals surface area contributed by atoms with Crippen molar-refractivity contribution in [2.45, 2.75) is 26.2 Å². The van der Waals surface area contributed by atoms with Crippen LogP contribution in [0.4, 0.5) is 0 Å². The average molecular weight is 411 g/mol. The van der Waals surface area contributed by atoms with Gasteiger partial charge in [0, 0.05) is 18.1 Å². The maximum Gasteiger partial charge on any atom is 0.276 e. The topological polar surface area (TPSA) is 114 Å². The van der Waals surface area contributed by atoms with Gasteiger partial charge in [0.2, 0.25) is 0 Å². The number of carbonyl (C=O) groups excluding carboxylic acids is 1. The van der Waals surface area contributed by atoms with Crippen LogP contribution in [0, 0.1) is 11.3 Å². The Labute approximate surface area is 178 Å². The zero-order valence-corrected chi connectivity index (χ0v) is 16.9. The molecule has 0 aliphatic heterocycles. The molecule has 0 aliphatic carbocycles. The number of benzene rings is 2. The number of aromatic nitrogens is 3. The maximum absolute atomic E-state index is 13.1. The van der Waals surface area contributed by atoms with Gasteiger partial charge < -0.3 is 9.90 Å². The van der Waals surface area contributed by atoms with Gasteiger partial charge in [0.15, 0.2) is 5.65 Å². The molecule has 7 heteroatoms. The molecule has 0 amide bonds. The summed E-state index contributed by atoms with van der Waals surface area (Å²) in [4.78, 5) is 28.8. The van der Waals surface area contributed by atoms with Crippen molar-refractivity contribution in [2.24, 2.45) is 0 Å². The van der Waals surface area contributed by atoms with Gasteiger partial charge in [-0.2, -0.15) is 5.26 Å². The molecule has 0 aliphatic rings. The first kappa shape index (κ1) is 20.1. The van der Waals surface area contributed by atoms with Crippen LogP contribution in [0.1, 0.15) is 46.2 Å². The van der Waals surface area contributed by atoms with E-state index < -0.39 is 5.97 Å². The molecule has 2 aromatic carbocycles. The van der Waals surface area contributed by atoms with E-state index >= 15 is 0 Å². The first-order chi connectivity index (χ1) is 15.0.